The number of rotatable bonds is 6. The molecule has 1 aliphatic heterocycles. The second-order valence-electron chi connectivity index (χ2n) is 7.32. The van der Waals surface area contributed by atoms with Crippen LogP contribution in [0.2, 0.25) is 5.02 Å². The normalized spacial score (nSPS) is 14.5. The first-order valence-electron chi connectivity index (χ1n) is 10.3. The van der Waals surface area contributed by atoms with Gasteiger partial charge in [-0.15, -0.1) is 0 Å². The fourth-order valence-electron chi connectivity index (χ4n) is 3.61. The van der Waals surface area contributed by atoms with Crippen molar-refractivity contribution in [2.45, 2.75) is 18.2 Å². The van der Waals surface area contributed by atoms with Gasteiger partial charge in [-0.3, -0.25) is 9.10 Å². The van der Waals surface area contributed by atoms with Gasteiger partial charge in [-0.1, -0.05) is 73.1 Å². The topological polar surface area (TPSA) is 80.8 Å². The molecule has 0 bridgehead atoms. The lowest BCUT2D eigenvalue weighted by atomic mass is 10.0. The molecule has 0 N–H and O–H groups in total. The van der Waals surface area contributed by atoms with Crippen LogP contribution >= 0.6 is 11.6 Å². The Hall–Kier alpha value is -3.42. The SMILES string of the molecule is CCCN1C(C(=O)c2ccccc2)=C(OC(=O)c2ccccc2Cl)c2ccccc2S1(=O)=O. The van der Waals surface area contributed by atoms with Gasteiger partial charge < -0.3 is 4.74 Å². The van der Waals surface area contributed by atoms with Gasteiger partial charge in [-0.05, 0) is 30.7 Å². The number of halogens is 1. The number of Topliss-reactive ketones (excluding diaryl/α,β-unsaturated/α-hetero) is 1. The van der Waals surface area contributed by atoms with Crippen LogP contribution in [0.3, 0.4) is 0 Å². The number of carbonyl (C=O) groups excluding carboxylic acids is 2. The minimum atomic E-state index is -4.05. The Balaban J connectivity index is 1.97. The molecule has 0 aromatic heterocycles. The number of sulfonamides is 1. The van der Waals surface area contributed by atoms with Crippen molar-refractivity contribution >= 4 is 39.1 Å². The van der Waals surface area contributed by atoms with Gasteiger partial charge in [0, 0.05) is 17.7 Å². The molecule has 4 rings (SSSR count). The third-order valence-corrected chi connectivity index (χ3v) is 7.32. The second-order valence-corrected chi connectivity index (χ2v) is 9.55. The van der Waals surface area contributed by atoms with E-state index in [-0.39, 0.29) is 44.6 Å². The maximum Gasteiger partial charge on any atom is 0.345 e. The Labute approximate surface area is 197 Å². The van der Waals surface area contributed by atoms with E-state index in [0.717, 1.165) is 4.31 Å². The zero-order chi connectivity index (χ0) is 23.6. The summed E-state index contributed by atoms with van der Waals surface area (Å²) in [4.78, 5) is 26.6. The highest BCUT2D eigenvalue weighted by molar-refractivity contribution is 7.89. The quantitative estimate of drug-likeness (QED) is 0.358. The highest BCUT2D eigenvalue weighted by Gasteiger charge is 2.41. The van der Waals surface area contributed by atoms with Crippen LogP contribution in [0.25, 0.3) is 5.76 Å². The molecule has 1 heterocycles. The van der Waals surface area contributed by atoms with Gasteiger partial charge in [0.15, 0.2) is 5.76 Å². The Kier molecular flexibility index (Phi) is 6.35. The molecule has 3 aromatic rings. The summed E-state index contributed by atoms with van der Waals surface area (Å²) in [5.74, 6) is -1.48. The molecule has 0 spiro atoms. The van der Waals surface area contributed by atoms with Crippen LogP contribution in [0.5, 0.6) is 0 Å². The number of fused-ring (bicyclic) bond motifs is 1. The van der Waals surface area contributed by atoms with Gasteiger partial charge in [0.2, 0.25) is 5.78 Å². The maximum atomic E-state index is 13.6. The minimum absolute atomic E-state index is 0.0370. The third kappa shape index (κ3) is 4.17. The highest BCUT2D eigenvalue weighted by atomic mass is 35.5. The molecule has 0 saturated carbocycles. The van der Waals surface area contributed by atoms with E-state index in [1.54, 1.807) is 67.6 Å². The molecule has 0 unspecified atom stereocenters. The van der Waals surface area contributed by atoms with E-state index in [9.17, 15) is 18.0 Å². The number of ether oxygens (including phenoxy) is 1. The first-order valence-corrected chi connectivity index (χ1v) is 12.1. The molecule has 1 aliphatic rings. The first kappa shape index (κ1) is 22.8. The average Bonchev–Trinajstić information content (AvgIpc) is 2.83. The van der Waals surface area contributed by atoms with E-state index in [0.29, 0.717) is 6.42 Å². The summed E-state index contributed by atoms with van der Waals surface area (Å²) in [5, 5.41) is 0.182. The predicted octanol–water partition coefficient (Wildman–Crippen LogP) is 5.16. The second kappa shape index (κ2) is 9.21. The van der Waals surface area contributed by atoms with Crippen LogP contribution in [0, 0.1) is 0 Å². The summed E-state index contributed by atoms with van der Waals surface area (Å²) in [6.07, 6.45) is 0.443. The Morgan fingerprint density at radius 2 is 1.55 bits per heavy atom. The number of ketones is 1. The summed E-state index contributed by atoms with van der Waals surface area (Å²) >= 11 is 6.17. The van der Waals surface area contributed by atoms with Crippen molar-refractivity contribution in [2.24, 2.45) is 0 Å². The standard InChI is InChI=1S/C25H20ClNO5S/c1-2-16-27-22(23(28)17-10-4-3-5-11-17)24(19-13-7-9-15-21(19)33(27,30)31)32-25(29)18-12-6-8-14-20(18)26/h3-15H,2,16H2,1H3. The summed E-state index contributed by atoms with van der Waals surface area (Å²) in [6, 6.07) is 20.8. The monoisotopic (exact) mass is 481 g/mol. The number of allylic oxidation sites excluding steroid dienone is 1. The lowest BCUT2D eigenvalue weighted by molar-refractivity contribution is 0.0686. The molecule has 0 amide bonds. The number of hydrogen-bond acceptors (Lipinski definition) is 5. The molecular formula is C25H20ClNO5S. The number of carbonyl (C=O) groups is 2. The fraction of sp³-hybridized carbons (Fsp3) is 0.120. The van der Waals surface area contributed by atoms with E-state index in [4.69, 9.17) is 16.3 Å². The third-order valence-electron chi connectivity index (χ3n) is 5.13. The van der Waals surface area contributed by atoms with Crippen LogP contribution in [0.15, 0.2) is 89.5 Å². The number of esters is 1. The van der Waals surface area contributed by atoms with E-state index in [1.165, 1.54) is 18.2 Å². The van der Waals surface area contributed by atoms with E-state index in [2.05, 4.69) is 0 Å². The van der Waals surface area contributed by atoms with Crippen molar-refractivity contribution in [2.75, 3.05) is 6.54 Å². The minimum Gasteiger partial charge on any atom is -0.420 e. The van der Waals surface area contributed by atoms with Gasteiger partial charge in [-0.25, -0.2) is 13.2 Å². The maximum absolute atomic E-state index is 13.6. The van der Waals surface area contributed by atoms with Crippen molar-refractivity contribution < 1.29 is 22.7 Å². The summed E-state index contributed by atoms with van der Waals surface area (Å²) < 4.78 is 33.7. The van der Waals surface area contributed by atoms with Crippen molar-refractivity contribution in [3.05, 3.63) is 106 Å². The Bertz CT molecular complexity index is 1370. The molecule has 168 valence electrons. The molecule has 0 aliphatic carbocycles. The molecule has 0 saturated heterocycles. The predicted molar refractivity (Wildman–Crippen MR) is 125 cm³/mol. The van der Waals surface area contributed by atoms with Crippen LogP contribution in [0.4, 0.5) is 0 Å². The lowest BCUT2D eigenvalue weighted by Crippen LogP contribution is -2.39. The molecule has 8 heteroatoms. The van der Waals surface area contributed by atoms with Gasteiger partial charge in [0.25, 0.3) is 10.0 Å². The first-order chi connectivity index (χ1) is 15.9. The van der Waals surface area contributed by atoms with Crippen molar-refractivity contribution in [3.63, 3.8) is 0 Å². The average molecular weight is 482 g/mol. The summed E-state index contributed by atoms with van der Waals surface area (Å²) in [6.45, 7) is 1.84. The zero-order valence-corrected chi connectivity index (χ0v) is 19.3. The molecule has 0 radical (unpaired) electrons. The van der Waals surface area contributed by atoms with Crippen LogP contribution in [0.1, 0.15) is 39.6 Å². The zero-order valence-electron chi connectivity index (χ0n) is 17.7. The molecule has 33 heavy (non-hydrogen) atoms. The molecule has 6 nitrogen and oxygen atoms in total. The number of hydrogen-bond donors (Lipinski definition) is 0. The van der Waals surface area contributed by atoms with Gasteiger partial charge in [0.1, 0.15) is 5.70 Å². The smallest absolute Gasteiger partial charge is 0.345 e. The van der Waals surface area contributed by atoms with E-state index >= 15 is 0 Å². The van der Waals surface area contributed by atoms with Crippen molar-refractivity contribution in [1.29, 1.82) is 0 Å². The molecular weight excluding hydrogens is 462 g/mol. The molecule has 0 atom stereocenters. The van der Waals surface area contributed by atoms with Crippen molar-refractivity contribution in [3.8, 4) is 0 Å². The van der Waals surface area contributed by atoms with E-state index < -0.39 is 21.8 Å². The van der Waals surface area contributed by atoms with Gasteiger partial charge in [-0.2, -0.15) is 0 Å². The van der Waals surface area contributed by atoms with Gasteiger partial charge >= 0.3 is 5.97 Å². The summed E-state index contributed by atoms with van der Waals surface area (Å²) in [7, 11) is -4.05. The fourth-order valence-corrected chi connectivity index (χ4v) is 5.58. The van der Waals surface area contributed by atoms with Crippen molar-refractivity contribution in [1.82, 2.24) is 4.31 Å². The summed E-state index contributed by atoms with van der Waals surface area (Å²) in [5.41, 5.74) is 0.312. The Morgan fingerprint density at radius 1 is 0.909 bits per heavy atom. The molecule has 0 fully saturated rings. The number of benzene rings is 3. The lowest BCUT2D eigenvalue weighted by Gasteiger charge is -2.32. The van der Waals surface area contributed by atoms with Crippen LogP contribution in [-0.4, -0.2) is 31.0 Å². The highest BCUT2D eigenvalue weighted by Crippen LogP contribution is 2.39. The Morgan fingerprint density at radius 3 is 2.24 bits per heavy atom. The largest absolute Gasteiger partial charge is 0.420 e. The van der Waals surface area contributed by atoms with E-state index in [1.807, 2.05) is 0 Å². The van der Waals surface area contributed by atoms with Crippen LogP contribution in [-0.2, 0) is 14.8 Å². The van der Waals surface area contributed by atoms with Crippen LogP contribution < -0.4 is 0 Å². The van der Waals surface area contributed by atoms with Gasteiger partial charge in [0.05, 0.1) is 15.5 Å². The number of nitrogens with zero attached hydrogens (tertiary/aromatic N) is 1. The molecule has 3 aromatic carbocycles.